The number of aromatic nitrogens is 1. The molecule has 0 aliphatic carbocycles. The Morgan fingerprint density at radius 1 is 1.35 bits per heavy atom. The quantitative estimate of drug-likeness (QED) is 0.687. The molecular formula is C12H22BrNO2S. The van der Waals surface area contributed by atoms with Crippen LogP contribution in [0.4, 0.5) is 0 Å². The van der Waals surface area contributed by atoms with Crippen molar-refractivity contribution in [3.05, 3.63) is 16.1 Å². The Morgan fingerprint density at radius 3 is 2.24 bits per heavy atom. The second-order valence-electron chi connectivity index (χ2n) is 5.38. The van der Waals surface area contributed by atoms with E-state index in [4.69, 9.17) is 0 Å². The smallest absolute Gasteiger partial charge is 0.225 e. The van der Waals surface area contributed by atoms with E-state index >= 15 is 0 Å². The summed E-state index contributed by atoms with van der Waals surface area (Å²) in [4.78, 5) is 0.973. The van der Waals surface area contributed by atoms with E-state index in [1.54, 1.807) is 6.92 Å². The molecule has 1 heterocycles. The third-order valence-corrected chi connectivity index (χ3v) is 4.09. The molecular weight excluding hydrogens is 302 g/mol. The summed E-state index contributed by atoms with van der Waals surface area (Å²) in [6.45, 7) is 10.4. The van der Waals surface area contributed by atoms with Gasteiger partial charge in [-0.05, 0) is 12.3 Å². The van der Waals surface area contributed by atoms with Crippen molar-refractivity contribution in [1.29, 1.82) is 0 Å². The lowest BCUT2D eigenvalue weighted by atomic mass is 9.89. The molecule has 3 nitrogen and oxygen atoms in total. The highest BCUT2D eigenvalue weighted by molar-refractivity contribution is 7.09. The van der Waals surface area contributed by atoms with Crippen molar-refractivity contribution in [2.45, 2.75) is 53.4 Å². The molecule has 0 amide bonds. The largest absolute Gasteiger partial charge is 1.00 e. The lowest BCUT2D eigenvalue weighted by molar-refractivity contribution is -0.707. The third-order valence-electron chi connectivity index (χ3n) is 2.84. The summed E-state index contributed by atoms with van der Waals surface area (Å²) in [6, 6.07) is 0. The van der Waals surface area contributed by atoms with Crippen molar-refractivity contribution >= 4 is 11.3 Å². The zero-order valence-corrected chi connectivity index (χ0v) is 13.5. The summed E-state index contributed by atoms with van der Waals surface area (Å²) in [5.74, 6) is 0. The fourth-order valence-corrected chi connectivity index (χ4v) is 2.44. The molecule has 0 saturated carbocycles. The molecule has 1 aromatic rings. The van der Waals surface area contributed by atoms with Gasteiger partial charge in [0.05, 0.1) is 6.10 Å². The first-order valence-electron chi connectivity index (χ1n) is 5.57. The maximum absolute atomic E-state index is 10.0. The zero-order chi connectivity index (χ0) is 12.5. The van der Waals surface area contributed by atoms with Gasteiger partial charge in [0.25, 0.3) is 0 Å². The van der Waals surface area contributed by atoms with Crippen molar-refractivity contribution in [3.8, 4) is 0 Å². The van der Waals surface area contributed by atoms with E-state index < -0.39 is 6.10 Å². The number of hydrogen-bond donors (Lipinski definition) is 2. The summed E-state index contributed by atoms with van der Waals surface area (Å²) in [7, 11) is 0. The highest BCUT2D eigenvalue weighted by Gasteiger charge is 2.28. The average molecular weight is 324 g/mol. The minimum absolute atomic E-state index is 0. The number of thiazole rings is 1. The molecule has 1 rings (SSSR count). The maximum atomic E-state index is 10.0. The van der Waals surface area contributed by atoms with Crippen molar-refractivity contribution in [2.24, 2.45) is 5.41 Å². The minimum atomic E-state index is -0.432. The summed E-state index contributed by atoms with van der Waals surface area (Å²) in [5.41, 5.74) is 2.89. The van der Waals surface area contributed by atoms with Crippen LogP contribution in [-0.4, -0.2) is 16.3 Å². The molecule has 0 aromatic carbocycles. The molecule has 0 aliphatic rings. The van der Waals surface area contributed by atoms with E-state index in [0.717, 1.165) is 10.6 Å². The summed E-state index contributed by atoms with van der Waals surface area (Å²) in [6.07, 6.45) is -0.814. The molecule has 2 N–H and O–H groups in total. The molecule has 0 saturated heterocycles. The molecule has 0 spiro atoms. The molecule has 2 unspecified atom stereocenters. The molecule has 0 aliphatic heterocycles. The maximum Gasteiger partial charge on any atom is 0.225 e. The van der Waals surface area contributed by atoms with E-state index in [1.165, 1.54) is 11.3 Å². The van der Waals surface area contributed by atoms with Crippen molar-refractivity contribution in [1.82, 2.24) is 0 Å². The fraction of sp³-hybridized carbons (Fsp3) is 0.750. The molecule has 0 bridgehead atoms. The van der Waals surface area contributed by atoms with Gasteiger partial charge in [0.2, 0.25) is 5.51 Å². The van der Waals surface area contributed by atoms with E-state index in [1.807, 2.05) is 37.8 Å². The van der Waals surface area contributed by atoms with Gasteiger partial charge in [-0.3, -0.25) is 0 Å². The monoisotopic (exact) mass is 323 g/mol. The van der Waals surface area contributed by atoms with Crippen LogP contribution in [0.2, 0.25) is 0 Å². The first-order valence-corrected chi connectivity index (χ1v) is 6.45. The zero-order valence-electron chi connectivity index (χ0n) is 11.1. The first kappa shape index (κ1) is 17.0. The first-order chi connectivity index (χ1) is 7.23. The van der Waals surface area contributed by atoms with Gasteiger partial charge in [-0.2, -0.15) is 4.57 Å². The number of rotatable bonds is 3. The Labute approximate surface area is 118 Å². The fourth-order valence-electron chi connectivity index (χ4n) is 1.47. The van der Waals surface area contributed by atoms with Gasteiger partial charge in [0.1, 0.15) is 11.0 Å². The highest BCUT2D eigenvalue weighted by atomic mass is 79.9. The van der Waals surface area contributed by atoms with Crippen LogP contribution in [-0.2, 0) is 6.54 Å². The Hall–Kier alpha value is 0.0300. The Kier molecular flexibility index (Phi) is 6.28. The van der Waals surface area contributed by atoms with E-state index in [-0.39, 0.29) is 28.5 Å². The molecule has 100 valence electrons. The van der Waals surface area contributed by atoms with Gasteiger partial charge in [0, 0.05) is 6.92 Å². The summed E-state index contributed by atoms with van der Waals surface area (Å²) >= 11 is 1.54. The predicted octanol–water partition coefficient (Wildman–Crippen LogP) is -1.19. The lowest BCUT2D eigenvalue weighted by Gasteiger charge is -2.22. The lowest BCUT2D eigenvalue weighted by Crippen LogP contribution is -3.00. The van der Waals surface area contributed by atoms with Gasteiger partial charge in [-0.25, -0.2) is 0 Å². The van der Waals surface area contributed by atoms with Crippen molar-refractivity contribution < 1.29 is 31.8 Å². The van der Waals surface area contributed by atoms with Crippen LogP contribution in [0.15, 0.2) is 5.51 Å². The number of nitrogens with zero attached hydrogens (tertiary/aromatic N) is 1. The molecule has 0 radical (unpaired) electrons. The molecule has 2 atom stereocenters. The second-order valence-corrected chi connectivity index (χ2v) is 6.27. The Morgan fingerprint density at radius 2 is 1.88 bits per heavy atom. The van der Waals surface area contributed by atoms with Crippen molar-refractivity contribution in [2.75, 3.05) is 0 Å². The van der Waals surface area contributed by atoms with E-state index in [9.17, 15) is 10.2 Å². The molecule has 17 heavy (non-hydrogen) atoms. The minimum Gasteiger partial charge on any atom is -1.00 e. The molecule has 0 fully saturated rings. The standard InChI is InChI=1S/C12H22NO2S.BrH/c1-8-11(9(2)14)16-7-13(8)6-10(15)12(3,4)5;/h7,9-10,14-15H,6H2,1-5H3;1H/q+1;/p-1. The predicted molar refractivity (Wildman–Crippen MR) is 65.3 cm³/mol. The van der Waals surface area contributed by atoms with Gasteiger partial charge in [-0.15, -0.1) is 0 Å². The van der Waals surface area contributed by atoms with Gasteiger partial charge in [0.15, 0.2) is 12.2 Å². The molecule has 1 aromatic heterocycles. The van der Waals surface area contributed by atoms with E-state index in [2.05, 4.69) is 0 Å². The second kappa shape index (κ2) is 6.27. The number of halogens is 1. The Bertz CT molecular complexity index is 358. The average Bonchev–Trinajstić information content (AvgIpc) is 2.46. The van der Waals surface area contributed by atoms with Crippen LogP contribution in [0.3, 0.4) is 0 Å². The molecule has 5 heteroatoms. The van der Waals surface area contributed by atoms with Crippen LogP contribution in [0.1, 0.15) is 44.4 Å². The number of hydrogen-bond acceptors (Lipinski definition) is 3. The van der Waals surface area contributed by atoms with Gasteiger partial charge in [-0.1, -0.05) is 32.1 Å². The van der Waals surface area contributed by atoms with Crippen LogP contribution in [0.5, 0.6) is 0 Å². The SMILES string of the molecule is Cc1c(C(C)O)sc[n+]1CC(O)C(C)(C)C.[Br-]. The van der Waals surface area contributed by atoms with Crippen LogP contribution in [0, 0.1) is 12.3 Å². The van der Waals surface area contributed by atoms with Gasteiger partial charge >= 0.3 is 0 Å². The topological polar surface area (TPSA) is 44.3 Å². The number of aliphatic hydroxyl groups is 2. The normalized spacial score (nSPS) is 15.2. The Balaban J connectivity index is 0.00000256. The van der Waals surface area contributed by atoms with Crippen LogP contribution >= 0.6 is 11.3 Å². The highest BCUT2D eigenvalue weighted by Crippen LogP contribution is 2.22. The van der Waals surface area contributed by atoms with Gasteiger partial charge < -0.3 is 27.2 Å². The van der Waals surface area contributed by atoms with E-state index in [0.29, 0.717) is 6.54 Å². The third kappa shape index (κ3) is 4.32. The van der Waals surface area contributed by atoms with Crippen LogP contribution in [0.25, 0.3) is 0 Å². The summed E-state index contributed by atoms with van der Waals surface area (Å²) < 4.78 is 2.02. The van der Waals surface area contributed by atoms with Crippen molar-refractivity contribution in [3.63, 3.8) is 0 Å². The number of aliphatic hydroxyl groups excluding tert-OH is 2. The summed E-state index contributed by atoms with van der Waals surface area (Å²) in [5, 5.41) is 19.6. The van der Waals surface area contributed by atoms with Crippen LogP contribution < -0.4 is 21.5 Å².